The first kappa shape index (κ1) is 23.9. The van der Waals surface area contributed by atoms with Crippen molar-refractivity contribution in [1.29, 1.82) is 0 Å². The van der Waals surface area contributed by atoms with Crippen molar-refractivity contribution in [1.82, 2.24) is 9.80 Å². The Balaban J connectivity index is 1.49. The molecular formula is C26H30N2O5S. The monoisotopic (exact) mass is 482 g/mol. The Labute approximate surface area is 203 Å². The molecule has 2 amide bonds. The minimum Gasteiger partial charge on any atom is -0.490 e. The first-order chi connectivity index (χ1) is 16.6. The van der Waals surface area contributed by atoms with Crippen LogP contribution in [0.3, 0.4) is 0 Å². The maximum Gasteiger partial charge on any atom is 0.260 e. The lowest BCUT2D eigenvalue weighted by molar-refractivity contribution is -0.134. The maximum atomic E-state index is 13.5. The molecule has 34 heavy (non-hydrogen) atoms. The normalized spacial score (nSPS) is 13.5. The molecular weight excluding hydrogens is 452 g/mol. The second kappa shape index (κ2) is 11.7. The van der Waals surface area contributed by atoms with E-state index in [9.17, 15) is 9.59 Å². The van der Waals surface area contributed by atoms with Gasteiger partial charge < -0.3 is 23.7 Å². The topological polar surface area (TPSA) is 72.2 Å². The minimum absolute atomic E-state index is 0.0251. The van der Waals surface area contributed by atoms with E-state index in [1.165, 1.54) is 0 Å². The van der Waals surface area contributed by atoms with Crippen molar-refractivity contribution in [3.05, 3.63) is 70.3 Å². The van der Waals surface area contributed by atoms with Crippen LogP contribution < -0.4 is 9.47 Å². The first-order valence-electron chi connectivity index (χ1n) is 11.7. The van der Waals surface area contributed by atoms with Gasteiger partial charge in [0.15, 0.2) is 18.1 Å². The van der Waals surface area contributed by atoms with E-state index in [2.05, 4.69) is 0 Å². The molecule has 0 unspecified atom stereocenters. The molecule has 0 radical (unpaired) electrons. The molecule has 0 atom stereocenters. The predicted molar refractivity (Wildman–Crippen MR) is 130 cm³/mol. The average molecular weight is 483 g/mol. The van der Waals surface area contributed by atoms with Gasteiger partial charge in [-0.05, 0) is 68.0 Å². The number of thiophene rings is 1. The lowest BCUT2D eigenvalue weighted by Gasteiger charge is -2.26. The van der Waals surface area contributed by atoms with E-state index in [4.69, 9.17) is 13.9 Å². The molecule has 1 saturated heterocycles. The molecule has 0 bridgehead atoms. The van der Waals surface area contributed by atoms with Crippen LogP contribution in [-0.2, 0) is 17.9 Å². The number of carbonyl (C=O) groups is 2. The number of hydrogen-bond donors (Lipinski definition) is 0. The highest BCUT2D eigenvalue weighted by molar-refractivity contribution is 7.09. The molecule has 0 N–H and O–H groups in total. The zero-order valence-corrected chi connectivity index (χ0v) is 20.2. The van der Waals surface area contributed by atoms with Crippen molar-refractivity contribution in [3.8, 4) is 11.5 Å². The van der Waals surface area contributed by atoms with Gasteiger partial charge in [0.2, 0.25) is 0 Å². The Bertz CT molecular complexity index is 1020. The van der Waals surface area contributed by atoms with Gasteiger partial charge in [0.05, 0.1) is 26.0 Å². The summed E-state index contributed by atoms with van der Waals surface area (Å²) >= 11 is 1.61. The number of piperidine rings is 1. The summed E-state index contributed by atoms with van der Waals surface area (Å²) in [6, 6.07) is 12.8. The van der Waals surface area contributed by atoms with Gasteiger partial charge in [-0.3, -0.25) is 9.59 Å². The smallest absolute Gasteiger partial charge is 0.260 e. The lowest BCUT2D eigenvalue weighted by Crippen LogP contribution is -2.38. The molecule has 1 aliphatic heterocycles. The van der Waals surface area contributed by atoms with Gasteiger partial charge in [0, 0.05) is 23.5 Å². The molecule has 0 aliphatic carbocycles. The van der Waals surface area contributed by atoms with Gasteiger partial charge in [0.1, 0.15) is 5.76 Å². The van der Waals surface area contributed by atoms with E-state index in [0.717, 1.165) is 37.2 Å². The van der Waals surface area contributed by atoms with E-state index in [0.29, 0.717) is 42.5 Å². The Morgan fingerprint density at radius 1 is 1.03 bits per heavy atom. The number of benzene rings is 1. The van der Waals surface area contributed by atoms with E-state index in [1.54, 1.807) is 40.7 Å². The fraction of sp³-hybridized carbons (Fsp3) is 0.385. The van der Waals surface area contributed by atoms with E-state index >= 15 is 0 Å². The highest BCUT2D eigenvalue weighted by Crippen LogP contribution is 2.30. The number of likely N-dealkylation sites (tertiary alicyclic amines) is 1. The maximum absolute atomic E-state index is 13.5. The van der Waals surface area contributed by atoms with Crippen LogP contribution >= 0.6 is 11.3 Å². The van der Waals surface area contributed by atoms with Crippen LogP contribution in [0.5, 0.6) is 11.5 Å². The molecule has 1 fully saturated rings. The molecule has 2 aromatic heterocycles. The summed E-state index contributed by atoms with van der Waals surface area (Å²) in [5, 5.41) is 2.00. The summed E-state index contributed by atoms with van der Waals surface area (Å²) in [7, 11) is 0. The largest absolute Gasteiger partial charge is 0.490 e. The Hall–Kier alpha value is -3.26. The molecule has 4 rings (SSSR count). The van der Waals surface area contributed by atoms with Crippen molar-refractivity contribution >= 4 is 23.2 Å². The molecule has 0 spiro atoms. The minimum atomic E-state index is -0.137. The number of nitrogens with zero attached hydrogens (tertiary/aromatic N) is 2. The van der Waals surface area contributed by atoms with Gasteiger partial charge >= 0.3 is 0 Å². The SMILES string of the molecule is CCOc1cc(C(=O)N(Cc2ccco2)Cc2cccs2)ccc1OCC(=O)N1CCCCC1. The third-order valence-corrected chi connectivity index (χ3v) is 6.55. The van der Waals surface area contributed by atoms with Crippen molar-refractivity contribution in [3.63, 3.8) is 0 Å². The standard InChI is InChI=1S/C26H30N2O5S/c1-2-31-24-16-20(10-11-23(24)33-19-25(29)27-12-4-3-5-13-27)26(30)28(17-21-8-6-14-32-21)18-22-9-7-15-34-22/h6-11,14-16H,2-5,12-13,17-19H2,1H3. The summed E-state index contributed by atoms with van der Waals surface area (Å²) in [6.07, 6.45) is 4.84. The summed E-state index contributed by atoms with van der Waals surface area (Å²) < 4.78 is 17.1. The summed E-state index contributed by atoms with van der Waals surface area (Å²) in [6.45, 7) is 4.64. The Morgan fingerprint density at radius 2 is 1.88 bits per heavy atom. The molecule has 1 aromatic carbocycles. The second-order valence-electron chi connectivity index (χ2n) is 8.14. The van der Waals surface area contributed by atoms with Crippen LogP contribution in [0.15, 0.2) is 58.5 Å². The molecule has 8 heteroatoms. The lowest BCUT2D eigenvalue weighted by atomic mass is 10.1. The van der Waals surface area contributed by atoms with E-state index in [1.807, 2.05) is 41.5 Å². The Kier molecular flexibility index (Phi) is 8.25. The van der Waals surface area contributed by atoms with Gasteiger partial charge in [-0.25, -0.2) is 0 Å². The third-order valence-electron chi connectivity index (χ3n) is 5.69. The van der Waals surface area contributed by atoms with Crippen molar-refractivity contribution in [2.45, 2.75) is 39.3 Å². The number of ether oxygens (including phenoxy) is 2. The van der Waals surface area contributed by atoms with E-state index < -0.39 is 0 Å². The second-order valence-corrected chi connectivity index (χ2v) is 9.18. The number of furan rings is 1. The van der Waals surface area contributed by atoms with Crippen LogP contribution in [0, 0.1) is 0 Å². The van der Waals surface area contributed by atoms with Gasteiger partial charge in [-0.15, -0.1) is 11.3 Å². The molecule has 3 aromatic rings. The molecule has 3 heterocycles. The van der Waals surface area contributed by atoms with Crippen LogP contribution in [0.4, 0.5) is 0 Å². The van der Waals surface area contributed by atoms with Crippen LogP contribution in [0.25, 0.3) is 0 Å². The van der Waals surface area contributed by atoms with Crippen LogP contribution in [0.1, 0.15) is 47.2 Å². The fourth-order valence-electron chi connectivity index (χ4n) is 3.97. The zero-order valence-electron chi connectivity index (χ0n) is 19.4. The number of amides is 2. The molecule has 7 nitrogen and oxygen atoms in total. The van der Waals surface area contributed by atoms with Gasteiger partial charge in [-0.1, -0.05) is 6.07 Å². The van der Waals surface area contributed by atoms with Crippen molar-refractivity contribution in [2.75, 3.05) is 26.3 Å². The van der Waals surface area contributed by atoms with Gasteiger partial charge in [0.25, 0.3) is 11.8 Å². The molecule has 180 valence electrons. The third kappa shape index (κ3) is 6.20. The Morgan fingerprint density at radius 3 is 2.59 bits per heavy atom. The number of hydrogen-bond acceptors (Lipinski definition) is 6. The highest BCUT2D eigenvalue weighted by atomic mass is 32.1. The quantitative estimate of drug-likeness (QED) is 0.408. The van der Waals surface area contributed by atoms with Crippen LogP contribution in [0.2, 0.25) is 0 Å². The van der Waals surface area contributed by atoms with E-state index in [-0.39, 0.29) is 18.4 Å². The first-order valence-corrected chi connectivity index (χ1v) is 12.5. The predicted octanol–water partition coefficient (Wildman–Crippen LogP) is 4.97. The van der Waals surface area contributed by atoms with Gasteiger partial charge in [-0.2, -0.15) is 0 Å². The summed E-state index contributed by atoms with van der Waals surface area (Å²) in [5.41, 5.74) is 0.487. The van der Waals surface area contributed by atoms with Crippen molar-refractivity contribution < 1.29 is 23.5 Å². The zero-order chi connectivity index (χ0) is 23.8. The molecule has 1 aliphatic rings. The summed E-state index contributed by atoms with van der Waals surface area (Å²) in [5.74, 6) is 1.46. The molecule has 0 saturated carbocycles. The average Bonchev–Trinajstić information content (AvgIpc) is 3.57. The summed E-state index contributed by atoms with van der Waals surface area (Å²) in [4.78, 5) is 30.6. The number of carbonyl (C=O) groups excluding carboxylic acids is 2. The number of rotatable bonds is 10. The van der Waals surface area contributed by atoms with Crippen LogP contribution in [-0.4, -0.2) is 47.9 Å². The van der Waals surface area contributed by atoms with Crippen molar-refractivity contribution in [2.24, 2.45) is 0 Å². The fourth-order valence-corrected chi connectivity index (χ4v) is 4.69. The highest BCUT2D eigenvalue weighted by Gasteiger charge is 2.22.